The van der Waals surface area contributed by atoms with Gasteiger partial charge in [0.2, 0.25) is 5.91 Å². The number of benzene rings is 1. The highest BCUT2D eigenvalue weighted by Gasteiger charge is 2.44. The molecule has 19 heavy (non-hydrogen) atoms. The molecule has 0 aromatic heterocycles. The molecule has 2 aliphatic rings. The van der Waals surface area contributed by atoms with E-state index in [4.69, 9.17) is 11.6 Å². The summed E-state index contributed by atoms with van der Waals surface area (Å²) in [7, 11) is 0. The first-order valence-electron chi connectivity index (χ1n) is 7.00. The predicted octanol–water partition coefficient (Wildman–Crippen LogP) is 2.84. The van der Waals surface area contributed by atoms with Crippen molar-refractivity contribution in [3.8, 4) is 0 Å². The SMILES string of the molecule is O=C1N(c2ccc(Cl)cc2)CCCC12CCNCC2. The van der Waals surface area contributed by atoms with Crippen molar-refractivity contribution in [2.75, 3.05) is 24.5 Å². The second kappa shape index (κ2) is 5.14. The molecule has 0 radical (unpaired) electrons. The molecule has 0 bridgehead atoms. The van der Waals surface area contributed by atoms with Gasteiger partial charge in [0.05, 0.1) is 5.41 Å². The third-order valence-corrected chi connectivity index (χ3v) is 4.69. The third kappa shape index (κ3) is 2.37. The minimum absolute atomic E-state index is 0.122. The van der Waals surface area contributed by atoms with Crippen molar-refractivity contribution in [3.63, 3.8) is 0 Å². The lowest BCUT2D eigenvalue weighted by atomic mass is 9.72. The first-order chi connectivity index (χ1) is 9.21. The van der Waals surface area contributed by atoms with E-state index < -0.39 is 0 Å². The summed E-state index contributed by atoms with van der Waals surface area (Å²) in [6.45, 7) is 2.75. The summed E-state index contributed by atoms with van der Waals surface area (Å²) >= 11 is 5.92. The van der Waals surface area contributed by atoms with Crippen molar-refractivity contribution < 1.29 is 4.79 Å². The van der Waals surface area contributed by atoms with E-state index in [1.165, 1.54) is 0 Å². The van der Waals surface area contributed by atoms with Gasteiger partial charge >= 0.3 is 0 Å². The average molecular weight is 279 g/mol. The van der Waals surface area contributed by atoms with Gasteiger partial charge < -0.3 is 10.2 Å². The largest absolute Gasteiger partial charge is 0.317 e. The van der Waals surface area contributed by atoms with E-state index in [0.717, 1.165) is 51.0 Å². The molecule has 1 N–H and O–H groups in total. The van der Waals surface area contributed by atoms with Crippen LogP contribution in [0, 0.1) is 5.41 Å². The number of halogens is 1. The summed E-state index contributed by atoms with van der Waals surface area (Å²) in [4.78, 5) is 14.8. The van der Waals surface area contributed by atoms with Crippen molar-refractivity contribution in [3.05, 3.63) is 29.3 Å². The van der Waals surface area contributed by atoms with Gasteiger partial charge in [-0.3, -0.25) is 4.79 Å². The average Bonchev–Trinajstić information content (AvgIpc) is 2.44. The number of hydrogen-bond acceptors (Lipinski definition) is 2. The zero-order valence-electron chi connectivity index (χ0n) is 11.0. The Hall–Kier alpha value is -1.06. The first-order valence-corrected chi connectivity index (χ1v) is 7.37. The maximum Gasteiger partial charge on any atom is 0.233 e. The van der Waals surface area contributed by atoms with E-state index in [-0.39, 0.29) is 5.41 Å². The summed E-state index contributed by atoms with van der Waals surface area (Å²) in [5.41, 5.74) is 0.857. The highest BCUT2D eigenvalue weighted by atomic mass is 35.5. The maximum atomic E-state index is 12.9. The number of rotatable bonds is 1. The number of hydrogen-bond donors (Lipinski definition) is 1. The molecule has 4 heteroatoms. The fraction of sp³-hybridized carbons (Fsp3) is 0.533. The highest BCUT2D eigenvalue weighted by Crippen LogP contribution is 2.40. The Morgan fingerprint density at radius 1 is 1.11 bits per heavy atom. The molecule has 2 aliphatic heterocycles. The topological polar surface area (TPSA) is 32.3 Å². The number of amides is 1. The number of nitrogens with zero attached hydrogens (tertiary/aromatic N) is 1. The minimum Gasteiger partial charge on any atom is -0.317 e. The molecule has 3 nitrogen and oxygen atoms in total. The molecule has 0 aliphatic carbocycles. The molecule has 0 saturated carbocycles. The number of carbonyl (C=O) groups is 1. The standard InChI is InChI=1S/C15H19ClN2O/c16-12-2-4-13(5-3-12)18-11-1-6-15(14(18)19)7-9-17-10-8-15/h2-5,17H,1,6-11H2. The fourth-order valence-electron chi connectivity index (χ4n) is 3.31. The van der Waals surface area contributed by atoms with Crippen molar-refractivity contribution in [2.24, 2.45) is 5.41 Å². The molecular formula is C15H19ClN2O. The van der Waals surface area contributed by atoms with Gasteiger partial charge in [0.1, 0.15) is 0 Å². The lowest BCUT2D eigenvalue weighted by Gasteiger charge is -2.44. The van der Waals surface area contributed by atoms with Crippen LogP contribution in [0.3, 0.4) is 0 Å². The van der Waals surface area contributed by atoms with Crippen LogP contribution in [-0.2, 0) is 4.79 Å². The first kappa shape index (κ1) is 12.9. The Labute approximate surface area is 118 Å². The minimum atomic E-state index is -0.122. The number of piperidine rings is 2. The van der Waals surface area contributed by atoms with Crippen LogP contribution in [0.15, 0.2) is 24.3 Å². The van der Waals surface area contributed by atoms with E-state index in [1.54, 1.807) is 0 Å². The second-order valence-electron chi connectivity index (χ2n) is 5.57. The smallest absolute Gasteiger partial charge is 0.233 e. The summed E-state index contributed by atoms with van der Waals surface area (Å²) in [6, 6.07) is 7.60. The van der Waals surface area contributed by atoms with Crippen molar-refractivity contribution >= 4 is 23.2 Å². The van der Waals surface area contributed by atoms with Gasteiger partial charge in [0.15, 0.2) is 0 Å². The quantitative estimate of drug-likeness (QED) is 0.857. The van der Waals surface area contributed by atoms with Crippen LogP contribution < -0.4 is 10.2 Å². The van der Waals surface area contributed by atoms with Crippen LogP contribution in [0.4, 0.5) is 5.69 Å². The number of nitrogens with one attached hydrogen (secondary N) is 1. The summed E-state index contributed by atoms with van der Waals surface area (Å²) in [5, 5.41) is 4.06. The van der Waals surface area contributed by atoms with Gasteiger partial charge in [-0.1, -0.05) is 11.6 Å². The Balaban J connectivity index is 1.86. The second-order valence-corrected chi connectivity index (χ2v) is 6.00. The maximum absolute atomic E-state index is 12.9. The van der Waals surface area contributed by atoms with E-state index >= 15 is 0 Å². The Bertz CT molecular complexity index is 460. The van der Waals surface area contributed by atoms with Crippen LogP contribution in [0.2, 0.25) is 5.02 Å². The number of anilines is 1. The van der Waals surface area contributed by atoms with Crippen molar-refractivity contribution in [2.45, 2.75) is 25.7 Å². The van der Waals surface area contributed by atoms with Crippen LogP contribution >= 0.6 is 11.6 Å². The molecule has 2 fully saturated rings. The molecule has 102 valence electrons. The monoisotopic (exact) mass is 278 g/mol. The Morgan fingerprint density at radius 2 is 1.79 bits per heavy atom. The van der Waals surface area contributed by atoms with Crippen molar-refractivity contribution in [1.82, 2.24) is 5.32 Å². The lowest BCUT2D eigenvalue weighted by Crippen LogP contribution is -2.53. The molecule has 2 saturated heterocycles. The van der Waals surface area contributed by atoms with Crippen LogP contribution in [-0.4, -0.2) is 25.5 Å². The molecule has 1 amide bonds. The summed E-state index contributed by atoms with van der Waals surface area (Å²) in [6.07, 6.45) is 4.07. The molecule has 1 aromatic carbocycles. The molecule has 0 unspecified atom stereocenters. The zero-order valence-corrected chi connectivity index (χ0v) is 11.7. The molecule has 1 aromatic rings. The highest BCUT2D eigenvalue weighted by molar-refractivity contribution is 6.30. The predicted molar refractivity (Wildman–Crippen MR) is 77.6 cm³/mol. The van der Waals surface area contributed by atoms with Crippen LogP contribution in [0.5, 0.6) is 0 Å². The zero-order chi connectivity index (χ0) is 13.3. The molecular weight excluding hydrogens is 260 g/mol. The lowest BCUT2D eigenvalue weighted by molar-refractivity contribution is -0.132. The Morgan fingerprint density at radius 3 is 2.47 bits per heavy atom. The summed E-state index contributed by atoms with van der Waals surface area (Å²) < 4.78 is 0. The van der Waals surface area contributed by atoms with E-state index in [1.807, 2.05) is 29.2 Å². The summed E-state index contributed by atoms with van der Waals surface area (Å²) in [5.74, 6) is 0.308. The van der Waals surface area contributed by atoms with Gasteiger partial charge in [0.25, 0.3) is 0 Å². The molecule has 1 spiro atoms. The molecule has 2 heterocycles. The van der Waals surface area contributed by atoms with Crippen LogP contribution in [0.25, 0.3) is 0 Å². The molecule has 0 atom stereocenters. The van der Waals surface area contributed by atoms with Gasteiger partial charge in [-0.2, -0.15) is 0 Å². The van der Waals surface area contributed by atoms with Gasteiger partial charge in [-0.25, -0.2) is 0 Å². The van der Waals surface area contributed by atoms with Gasteiger partial charge in [0, 0.05) is 17.3 Å². The van der Waals surface area contributed by atoms with E-state index in [2.05, 4.69) is 5.32 Å². The van der Waals surface area contributed by atoms with E-state index in [9.17, 15) is 4.79 Å². The molecule has 3 rings (SSSR count). The Kier molecular flexibility index (Phi) is 3.50. The fourth-order valence-corrected chi connectivity index (χ4v) is 3.43. The van der Waals surface area contributed by atoms with Crippen LogP contribution in [0.1, 0.15) is 25.7 Å². The van der Waals surface area contributed by atoms with Gasteiger partial charge in [-0.05, 0) is 63.0 Å². The van der Waals surface area contributed by atoms with E-state index in [0.29, 0.717) is 10.9 Å². The third-order valence-electron chi connectivity index (χ3n) is 4.43. The number of carbonyl (C=O) groups excluding carboxylic acids is 1. The normalized spacial score (nSPS) is 22.8. The van der Waals surface area contributed by atoms with Crippen molar-refractivity contribution in [1.29, 1.82) is 0 Å². The van der Waals surface area contributed by atoms with Gasteiger partial charge in [-0.15, -0.1) is 0 Å².